The van der Waals surface area contributed by atoms with Crippen molar-refractivity contribution in [3.8, 4) is 0 Å². The maximum absolute atomic E-state index is 12.4. The molecule has 0 atom stereocenters. The molecule has 2 rings (SSSR count). The average molecular weight is 236 g/mol. The Morgan fingerprint density at radius 1 is 1.41 bits per heavy atom. The molecule has 0 aliphatic carbocycles. The number of rotatable bonds is 3. The summed E-state index contributed by atoms with van der Waals surface area (Å²) < 4.78 is 1.91. The molecule has 1 aliphatic rings. The van der Waals surface area contributed by atoms with Gasteiger partial charge in [0.25, 0.3) is 5.91 Å². The lowest BCUT2D eigenvalue weighted by Crippen LogP contribution is -2.46. The maximum atomic E-state index is 12.4. The van der Waals surface area contributed by atoms with Crippen molar-refractivity contribution in [2.75, 3.05) is 26.2 Å². The molecule has 2 heterocycles. The summed E-state index contributed by atoms with van der Waals surface area (Å²) >= 11 is 0. The highest BCUT2D eigenvalue weighted by atomic mass is 16.2. The lowest BCUT2D eigenvalue weighted by molar-refractivity contribution is 0.0734. The number of aromatic nitrogens is 2. The van der Waals surface area contributed by atoms with Crippen LogP contribution in [0.3, 0.4) is 0 Å². The Kier molecular flexibility index (Phi) is 3.78. The van der Waals surface area contributed by atoms with E-state index in [1.165, 1.54) is 0 Å². The molecular formula is C12H20N4O. The Balaban J connectivity index is 2.20. The molecule has 1 N–H and O–H groups in total. The van der Waals surface area contributed by atoms with Gasteiger partial charge in [-0.2, -0.15) is 5.10 Å². The van der Waals surface area contributed by atoms with Crippen LogP contribution in [0.2, 0.25) is 0 Å². The van der Waals surface area contributed by atoms with Crippen LogP contribution in [0.4, 0.5) is 0 Å². The molecule has 17 heavy (non-hydrogen) atoms. The minimum absolute atomic E-state index is 0.128. The van der Waals surface area contributed by atoms with E-state index in [9.17, 15) is 4.79 Å². The third kappa shape index (κ3) is 2.34. The molecule has 0 radical (unpaired) electrons. The quantitative estimate of drug-likeness (QED) is 0.832. The average Bonchev–Trinajstić information content (AvgIpc) is 2.81. The second-order valence-electron chi connectivity index (χ2n) is 4.22. The second kappa shape index (κ2) is 5.31. The summed E-state index contributed by atoms with van der Waals surface area (Å²) in [6.07, 6.45) is 2.56. The number of aryl methyl sites for hydroxylation is 1. The van der Waals surface area contributed by atoms with Crippen molar-refractivity contribution in [2.24, 2.45) is 0 Å². The Labute approximate surface area is 102 Å². The first-order valence-electron chi connectivity index (χ1n) is 6.32. The van der Waals surface area contributed by atoms with Crippen LogP contribution in [0.5, 0.6) is 0 Å². The molecular weight excluding hydrogens is 216 g/mol. The summed E-state index contributed by atoms with van der Waals surface area (Å²) in [5.41, 5.74) is 1.83. The van der Waals surface area contributed by atoms with E-state index >= 15 is 0 Å². The van der Waals surface area contributed by atoms with Crippen LogP contribution >= 0.6 is 0 Å². The van der Waals surface area contributed by atoms with Gasteiger partial charge < -0.3 is 10.2 Å². The van der Waals surface area contributed by atoms with E-state index in [0.29, 0.717) is 0 Å². The van der Waals surface area contributed by atoms with Gasteiger partial charge in [0, 0.05) is 32.7 Å². The zero-order valence-corrected chi connectivity index (χ0v) is 10.6. The standard InChI is InChI=1S/C12H20N4O/c1-3-11-10(9-14-16(11)4-2)12(17)15-7-5-13-6-8-15/h9,13H,3-8H2,1-2H3. The van der Waals surface area contributed by atoms with Gasteiger partial charge in [-0.3, -0.25) is 9.48 Å². The number of hydrogen-bond donors (Lipinski definition) is 1. The van der Waals surface area contributed by atoms with Crippen LogP contribution in [0.15, 0.2) is 6.20 Å². The van der Waals surface area contributed by atoms with Gasteiger partial charge in [-0.25, -0.2) is 0 Å². The molecule has 0 aromatic carbocycles. The summed E-state index contributed by atoms with van der Waals surface area (Å²) in [5, 5.41) is 7.53. The minimum atomic E-state index is 0.128. The van der Waals surface area contributed by atoms with Crippen LogP contribution < -0.4 is 5.32 Å². The highest BCUT2D eigenvalue weighted by Crippen LogP contribution is 2.13. The molecule has 0 spiro atoms. The van der Waals surface area contributed by atoms with E-state index in [1.807, 2.05) is 16.5 Å². The molecule has 0 saturated carbocycles. The number of nitrogens with one attached hydrogen (secondary N) is 1. The van der Waals surface area contributed by atoms with Gasteiger partial charge in [0.05, 0.1) is 17.5 Å². The van der Waals surface area contributed by atoms with Crippen LogP contribution in [-0.2, 0) is 13.0 Å². The summed E-state index contributed by atoms with van der Waals surface area (Å²) in [5.74, 6) is 0.128. The van der Waals surface area contributed by atoms with Crippen molar-refractivity contribution in [1.29, 1.82) is 0 Å². The summed E-state index contributed by atoms with van der Waals surface area (Å²) in [4.78, 5) is 14.3. The second-order valence-corrected chi connectivity index (χ2v) is 4.22. The predicted octanol–water partition coefficient (Wildman–Crippen LogP) is 0.511. The fraction of sp³-hybridized carbons (Fsp3) is 0.667. The lowest BCUT2D eigenvalue weighted by Gasteiger charge is -2.27. The molecule has 1 aromatic rings. The summed E-state index contributed by atoms with van der Waals surface area (Å²) in [6, 6.07) is 0. The lowest BCUT2D eigenvalue weighted by atomic mass is 10.1. The molecule has 1 saturated heterocycles. The van der Waals surface area contributed by atoms with Gasteiger partial charge in [-0.15, -0.1) is 0 Å². The number of piperazine rings is 1. The topological polar surface area (TPSA) is 50.2 Å². The predicted molar refractivity (Wildman–Crippen MR) is 66.1 cm³/mol. The molecule has 0 unspecified atom stereocenters. The molecule has 94 valence electrons. The fourth-order valence-corrected chi connectivity index (χ4v) is 2.27. The monoisotopic (exact) mass is 236 g/mol. The Hall–Kier alpha value is -1.36. The highest BCUT2D eigenvalue weighted by molar-refractivity contribution is 5.95. The van der Waals surface area contributed by atoms with Crippen molar-refractivity contribution >= 4 is 5.91 Å². The number of amides is 1. The van der Waals surface area contributed by atoms with Crippen molar-refractivity contribution < 1.29 is 4.79 Å². The van der Waals surface area contributed by atoms with Crippen LogP contribution in [0.1, 0.15) is 29.9 Å². The van der Waals surface area contributed by atoms with E-state index in [-0.39, 0.29) is 5.91 Å². The van der Waals surface area contributed by atoms with E-state index in [2.05, 4.69) is 17.3 Å². The highest BCUT2D eigenvalue weighted by Gasteiger charge is 2.22. The Morgan fingerprint density at radius 3 is 2.71 bits per heavy atom. The first-order chi connectivity index (χ1) is 8.27. The van der Waals surface area contributed by atoms with Gasteiger partial charge in [-0.1, -0.05) is 6.92 Å². The summed E-state index contributed by atoms with van der Waals surface area (Å²) in [6.45, 7) is 8.28. The van der Waals surface area contributed by atoms with Crippen LogP contribution in [-0.4, -0.2) is 46.8 Å². The van der Waals surface area contributed by atoms with Crippen LogP contribution in [0.25, 0.3) is 0 Å². The first-order valence-corrected chi connectivity index (χ1v) is 6.32. The van der Waals surface area contributed by atoms with E-state index in [0.717, 1.165) is 50.4 Å². The van der Waals surface area contributed by atoms with E-state index in [1.54, 1.807) is 6.20 Å². The molecule has 5 nitrogen and oxygen atoms in total. The molecule has 1 amide bonds. The van der Waals surface area contributed by atoms with Gasteiger partial charge in [0.1, 0.15) is 0 Å². The third-order valence-electron chi connectivity index (χ3n) is 3.22. The van der Waals surface area contributed by atoms with Crippen LogP contribution in [0, 0.1) is 0 Å². The number of hydrogen-bond acceptors (Lipinski definition) is 3. The Morgan fingerprint density at radius 2 is 2.12 bits per heavy atom. The van der Waals surface area contributed by atoms with Crippen molar-refractivity contribution in [3.63, 3.8) is 0 Å². The SMILES string of the molecule is CCc1c(C(=O)N2CCNCC2)cnn1CC. The number of nitrogens with zero attached hydrogens (tertiary/aromatic N) is 3. The molecule has 1 aromatic heterocycles. The van der Waals surface area contributed by atoms with E-state index < -0.39 is 0 Å². The largest absolute Gasteiger partial charge is 0.336 e. The number of carbonyl (C=O) groups is 1. The third-order valence-corrected chi connectivity index (χ3v) is 3.22. The first kappa shape index (κ1) is 12.1. The van der Waals surface area contributed by atoms with Gasteiger partial charge in [0.2, 0.25) is 0 Å². The summed E-state index contributed by atoms with van der Waals surface area (Å²) in [7, 11) is 0. The van der Waals surface area contributed by atoms with Gasteiger partial charge in [-0.05, 0) is 13.3 Å². The maximum Gasteiger partial charge on any atom is 0.257 e. The Bertz CT molecular complexity index is 393. The zero-order chi connectivity index (χ0) is 12.3. The molecule has 0 bridgehead atoms. The van der Waals surface area contributed by atoms with Gasteiger partial charge in [0.15, 0.2) is 0 Å². The van der Waals surface area contributed by atoms with Gasteiger partial charge >= 0.3 is 0 Å². The minimum Gasteiger partial charge on any atom is -0.336 e. The van der Waals surface area contributed by atoms with Crippen molar-refractivity contribution in [1.82, 2.24) is 20.0 Å². The van der Waals surface area contributed by atoms with Crippen molar-refractivity contribution in [3.05, 3.63) is 17.5 Å². The normalized spacial score (nSPS) is 16.2. The number of carbonyl (C=O) groups excluding carboxylic acids is 1. The van der Waals surface area contributed by atoms with Crippen molar-refractivity contribution in [2.45, 2.75) is 26.8 Å². The molecule has 1 aliphatic heterocycles. The molecule has 1 fully saturated rings. The van der Waals surface area contributed by atoms with E-state index in [4.69, 9.17) is 0 Å². The molecule has 5 heteroatoms. The fourth-order valence-electron chi connectivity index (χ4n) is 2.27. The smallest absolute Gasteiger partial charge is 0.257 e. The zero-order valence-electron chi connectivity index (χ0n) is 10.6.